The molecule has 0 spiro atoms. The van der Waals surface area contributed by atoms with Crippen molar-refractivity contribution in [3.05, 3.63) is 35.9 Å². The van der Waals surface area contributed by atoms with Crippen molar-refractivity contribution in [1.82, 2.24) is 4.98 Å². The molecule has 23 heavy (non-hydrogen) atoms. The maximum absolute atomic E-state index is 15.0. The Kier molecular flexibility index (Phi) is 4.75. The van der Waals surface area contributed by atoms with E-state index in [1.165, 1.54) is 0 Å². The number of nitrogens with zero attached hydrogens (tertiary/aromatic N) is 1. The Hall–Kier alpha value is -1.20. The summed E-state index contributed by atoms with van der Waals surface area (Å²) >= 11 is 0. The highest BCUT2D eigenvalue weighted by molar-refractivity contribution is 6.74. The summed E-state index contributed by atoms with van der Waals surface area (Å²) in [4.78, 5) is 4.31. The second kappa shape index (κ2) is 6.02. The molecule has 1 aliphatic rings. The fourth-order valence-electron chi connectivity index (χ4n) is 2.37. The van der Waals surface area contributed by atoms with Gasteiger partial charge in [-0.15, -0.1) is 0 Å². The van der Waals surface area contributed by atoms with Crippen LogP contribution in [0.3, 0.4) is 0 Å². The predicted molar refractivity (Wildman–Crippen MR) is 94.0 cm³/mol. The number of halogens is 1. The normalized spacial score (nSPS) is 17.0. The first kappa shape index (κ1) is 18.1. The molecule has 1 saturated carbocycles. The molecule has 1 aromatic heterocycles. The standard InChI is InChI=1S/C18H28FNO2Si/c1-8-21-13(2)14-9-12-20-16(15(14)19)18(10-11-18)22-23(6,7)17(3,4)5/h9,12H,2,8,10-11H2,1,3-7H3. The quantitative estimate of drug-likeness (QED) is 0.525. The average Bonchev–Trinajstić information content (AvgIpc) is 3.17. The number of hydrogen-bond donors (Lipinski definition) is 0. The summed E-state index contributed by atoms with van der Waals surface area (Å²) in [5.74, 6) is -0.0149. The molecule has 0 radical (unpaired) electrons. The van der Waals surface area contributed by atoms with Crippen LogP contribution in [0.1, 0.15) is 51.8 Å². The van der Waals surface area contributed by atoms with Crippen LogP contribution in [-0.4, -0.2) is 19.9 Å². The van der Waals surface area contributed by atoms with Gasteiger partial charge in [-0.2, -0.15) is 0 Å². The van der Waals surface area contributed by atoms with Gasteiger partial charge in [-0.05, 0) is 44.0 Å². The molecule has 1 aliphatic carbocycles. The van der Waals surface area contributed by atoms with E-state index in [9.17, 15) is 4.39 Å². The minimum atomic E-state index is -2.00. The molecule has 0 aromatic carbocycles. The maximum atomic E-state index is 15.0. The molecule has 0 aliphatic heterocycles. The molecule has 1 fully saturated rings. The Morgan fingerprint density at radius 2 is 2.00 bits per heavy atom. The van der Waals surface area contributed by atoms with Gasteiger partial charge in [0.05, 0.1) is 12.2 Å². The number of pyridine rings is 1. The number of ether oxygens (including phenoxy) is 1. The average molecular weight is 338 g/mol. The molecular weight excluding hydrogens is 309 g/mol. The lowest BCUT2D eigenvalue weighted by molar-refractivity contribution is 0.149. The minimum Gasteiger partial charge on any atom is -0.494 e. The minimum absolute atomic E-state index is 0.0750. The SMILES string of the molecule is C=C(OCC)c1ccnc(C2(O[Si](C)(C)C(C)(C)C)CC2)c1F. The third-order valence-electron chi connectivity index (χ3n) is 4.90. The Labute approximate surface area is 140 Å². The monoisotopic (exact) mass is 337 g/mol. The molecule has 0 N–H and O–H groups in total. The predicted octanol–water partition coefficient (Wildman–Crippen LogP) is 5.24. The van der Waals surface area contributed by atoms with Crippen molar-refractivity contribution in [1.29, 1.82) is 0 Å². The zero-order valence-electron chi connectivity index (χ0n) is 15.1. The summed E-state index contributed by atoms with van der Waals surface area (Å²) in [7, 11) is -2.00. The Morgan fingerprint density at radius 3 is 2.48 bits per heavy atom. The third kappa shape index (κ3) is 3.50. The lowest BCUT2D eigenvalue weighted by Crippen LogP contribution is -2.44. The van der Waals surface area contributed by atoms with Crippen molar-refractivity contribution < 1.29 is 13.6 Å². The smallest absolute Gasteiger partial charge is 0.193 e. The van der Waals surface area contributed by atoms with Gasteiger partial charge in [0, 0.05) is 6.20 Å². The molecule has 128 valence electrons. The zero-order valence-corrected chi connectivity index (χ0v) is 16.1. The van der Waals surface area contributed by atoms with Gasteiger partial charge in [0.1, 0.15) is 17.1 Å². The van der Waals surface area contributed by atoms with E-state index in [1.807, 2.05) is 6.92 Å². The highest BCUT2D eigenvalue weighted by Gasteiger charge is 2.54. The second-order valence-electron chi connectivity index (χ2n) is 7.73. The second-order valence-corrected chi connectivity index (χ2v) is 12.5. The lowest BCUT2D eigenvalue weighted by Gasteiger charge is -2.39. The van der Waals surface area contributed by atoms with Crippen molar-refractivity contribution in [3.63, 3.8) is 0 Å². The van der Waals surface area contributed by atoms with Crippen molar-refractivity contribution in [2.75, 3.05) is 6.61 Å². The van der Waals surface area contributed by atoms with E-state index in [0.717, 1.165) is 12.8 Å². The number of rotatable bonds is 6. The summed E-state index contributed by atoms with van der Waals surface area (Å²) in [6.07, 6.45) is 3.25. The van der Waals surface area contributed by atoms with Crippen molar-refractivity contribution in [2.24, 2.45) is 0 Å². The van der Waals surface area contributed by atoms with Gasteiger partial charge in [-0.25, -0.2) is 4.39 Å². The van der Waals surface area contributed by atoms with Crippen LogP contribution in [0.2, 0.25) is 18.1 Å². The Bertz CT molecular complexity index is 604. The molecular formula is C18H28FNO2Si. The summed E-state index contributed by atoms with van der Waals surface area (Å²) in [5, 5.41) is 0.0750. The van der Waals surface area contributed by atoms with Gasteiger partial charge in [-0.3, -0.25) is 4.98 Å². The van der Waals surface area contributed by atoms with Crippen molar-refractivity contribution in [3.8, 4) is 0 Å². The van der Waals surface area contributed by atoms with E-state index in [4.69, 9.17) is 9.16 Å². The molecule has 2 rings (SSSR count). The maximum Gasteiger partial charge on any atom is 0.193 e. The summed E-state index contributed by atoms with van der Waals surface area (Å²) in [6.45, 7) is 17.1. The van der Waals surface area contributed by atoms with E-state index in [-0.39, 0.29) is 10.9 Å². The van der Waals surface area contributed by atoms with Crippen LogP contribution in [-0.2, 0) is 14.8 Å². The van der Waals surface area contributed by atoms with Gasteiger partial charge in [0.2, 0.25) is 0 Å². The van der Waals surface area contributed by atoms with Crippen molar-refractivity contribution >= 4 is 14.1 Å². The molecule has 5 heteroatoms. The topological polar surface area (TPSA) is 31.4 Å². The summed E-state index contributed by atoms with van der Waals surface area (Å²) in [6, 6.07) is 1.61. The highest BCUT2D eigenvalue weighted by atomic mass is 28.4. The van der Waals surface area contributed by atoms with Crippen LogP contribution in [0.5, 0.6) is 0 Å². The number of hydrogen-bond acceptors (Lipinski definition) is 3. The molecule has 0 amide bonds. The summed E-state index contributed by atoms with van der Waals surface area (Å²) < 4.78 is 26.9. The third-order valence-corrected chi connectivity index (χ3v) is 9.41. The van der Waals surface area contributed by atoms with E-state index in [1.54, 1.807) is 12.3 Å². The van der Waals surface area contributed by atoms with Gasteiger partial charge >= 0.3 is 0 Å². The Morgan fingerprint density at radius 1 is 1.39 bits per heavy atom. The molecule has 1 heterocycles. The molecule has 1 aromatic rings. The lowest BCUT2D eigenvalue weighted by atomic mass is 10.1. The highest BCUT2D eigenvalue weighted by Crippen LogP contribution is 2.54. The summed E-state index contributed by atoms with van der Waals surface area (Å²) in [5.41, 5.74) is 0.206. The first-order chi connectivity index (χ1) is 10.5. The van der Waals surface area contributed by atoms with E-state index in [0.29, 0.717) is 23.6 Å². The largest absolute Gasteiger partial charge is 0.494 e. The zero-order chi connectivity index (χ0) is 17.5. The fourth-order valence-corrected chi connectivity index (χ4v) is 3.95. The van der Waals surface area contributed by atoms with E-state index in [2.05, 4.69) is 45.4 Å². The van der Waals surface area contributed by atoms with Crippen LogP contribution < -0.4 is 0 Å². The molecule has 0 unspecified atom stereocenters. The first-order valence-electron chi connectivity index (χ1n) is 8.21. The van der Waals surface area contributed by atoms with Gasteiger partial charge < -0.3 is 9.16 Å². The van der Waals surface area contributed by atoms with Crippen LogP contribution in [0.25, 0.3) is 5.76 Å². The van der Waals surface area contributed by atoms with Crippen LogP contribution >= 0.6 is 0 Å². The van der Waals surface area contributed by atoms with E-state index < -0.39 is 13.9 Å². The Balaban J connectivity index is 2.35. The van der Waals surface area contributed by atoms with Crippen LogP contribution in [0.4, 0.5) is 4.39 Å². The van der Waals surface area contributed by atoms with Gasteiger partial charge in [0.25, 0.3) is 0 Å². The van der Waals surface area contributed by atoms with Crippen LogP contribution in [0.15, 0.2) is 18.8 Å². The van der Waals surface area contributed by atoms with Gasteiger partial charge in [0.15, 0.2) is 14.1 Å². The van der Waals surface area contributed by atoms with E-state index >= 15 is 0 Å². The fraction of sp³-hybridized carbons (Fsp3) is 0.611. The molecule has 0 bridgehead atoms. The van der Waals surface area contributed by atoms with Crippen molar-refractivity contribution in [2.45, 2.75) is 64.3 Å². The van der Waals surface area contributed by atoms with Gasteiger partial charge in [-0.1, -0.05) is 27.4 Å². The molecule has 3 nitrogen and oxygen atoms in total. The molecule has 0 atom stereocenters. The molecule has 0 saturated heterocycles. The van der Waals surface area contributed by atoms with Crippen LogP contribution in [0, 0.1) is 5.82 Å². The number of aromatic nitrogens is 1. The first-order valence-corrected chi connectivity index (χ1v) is 11.1.